The van der Waals surface area contributed by atoms with E-state index in [1.807, 2.05) is 25.1 Å². The Labute approximate surface area is 140 Å². The Morgan fingerprint density at radius 1 is 1.12 bits per heavy atom. The van der Waals surface area contributed by atoms with Gasteiger partial charge in [-0.2, -0.15) is 0 Å². The molecule has 0 bridgehead atoms. The zero-order chi connectivity index (χ0) is 17.7. The summed E-state index contributed by atoms with van der Waals surface area (Å²) in [5.74, 6) is 0.914. The summed E-state index contributed by atoms with van der Waals surface area (Å²) in [5.41, 5.74) is 6.90. The van der Waals surface area contributed by atoms with E-state index in [2.05, 4.69) is 10.9 Å². The SMILES string of the molecule is COc1ccc(C)cc1/C=C/C(=O)NNC(=O)c1cc(C)oc1C. The molecule has 6 nitrogen and oxygen atoms in total. The van der Waals surface area contributed by atoms with Crippen LogP contribution in [0.15, 0.2) is 34.8 Å². The van der Waals surface area contributed by atoms with Crippen LogP contribution >= 0.6 is 0 Å². The Hall–Kier alpha value is -3.02. The van der Waals surface area contributed by atoms with Crippen molar-refractivity contribution in [2.75, 3.05) is 7.11 Å². The highest BCUT2D eigenvalue weighted by Crippen LogP contribution is 2.20. The molecular formula is C18H20N2O4. The van der Waals surface area contributed by atoms with Crippen LogP contribution in [0.3, 0.4) is 0 Å². The Bertz CT molecular complexity index is 790. The molecule has 2 amide bonds. The van der Waals surface area contributed by atoms with Crippen molar-refractivity contribution in [1.29, 1.82) is 0 Å². The number of nitrogens with one attached hydrogen (secondary N) is 2. The summed E-state index contributed by atoms with van der Waals surface area (Å²) < 4.78 is 10.5. The van der Waals surface area contributed by atoms with Crippen molar-refractivity contribution < 1.29 is 18.7 Å². The first-order chi connectivity index (χ1) is 11.4. The topological polar surface area (TPSA) is 80.6 Å². The highest BCUT2D eigenvalue weighted by Gasteiger charge is 2.13. The van der Waals surface area contributed by atoms with Gasteiger partial charge in [0.25, 0.3) is 11.8 Å². The second kappa shape index (κ2) is 7.50. The van der Waals surface area contributed by atoms with Gasteiger partial charge >= 0.3 is 0 Å². The van der Waals surface area contributed by atoms with E-state index in [0.717, 1.165) is 11.1 Å². The van der Waals surface area contributed by atoms with Gasteiger partial charge in [0.05, 0.1) is 12.7 Å². The van der Waals surface area contributed by atoms with Crippen molar-refractivity contribution >= 4 is 17.9 Å². The summed E-state index contributed by atoms with van der Waals surface area (Å²) in [6, 6.07) is 7.27. The van der Waals surface area contributed by atoms with Crippen molar-refractivity contribution in [2.24, 2.45) is 0 Å². The predicted octanol–water partition coefficient (Wildman–Crippen LogP) is 2.69. The Kier molecular flexibility index (Phi) is 5.42. The molecule has 0 saturated heterocycles. The number of carbonyl (C=O) groups excluding carboxylic acids is 2. The van der Waals surface area contributed by atoms with E-state index in [0.29, 0.717) is 22.8 Å². The lowest BCUT2D eigenvalue weighted by Gasteiger charge is -2.06. The van der Waals surface area contributed by atoms with Crippen LogP contribution in [0.2, 0.25) is 0 Å². The molecule has 0 spiro atoms. The minimum absolute atomic E-state index is 0.386. The van der Waals surface area contributed by atoms with E-state index in [1.54, 1.807) is 33.1 Å². The van der Waals surface area contributed by atoms with Crippen LogP contribution in [-0.4, -0.2) is 18.9 Å². The Morgan fingerprint density at radius 2 is 1.88 bits per heavy atom. The van der Waals surface area contributed by atoms with Gasteiger partial charge in [0.15, 0.2) is 0 Å². The van der Waals surface area contributed by atoms with E-state index in [9.17, 15) is 9.59 Å². The minimum Gasteiger partial charge on any atom is -0.496 e. The molecule has 2 aromatic rings. The average Bonchev–Trinajstić information content (AvgIpc) is 2.89. The molecule has 2 N–H and O–H groups in total. The molecule has 1 heterocycles. The molecular weight excluding hydrogens is 308 g/mol. The van der Waals surface area contributed by atoms with E-state index < -0.39 is 11.8 Å². The molecule has 1 aromatic carbocycles. The molecule has 0 fully saturated rings. The Morgan fingerprint density at radius 3 is 2.50 bits per heavy atom. The van der Waals surface area contributed by atoms with Crippen LogP contribution in [0.5, 0.6) is 5.75 Å². The molecule has 0 atom stereocenters. The van der Waals surface area contributed by atoms with Crippen LogP contribution in [0.4, 0.5) is 0 Å². The predicted molar refractivity (Wildman–Crippen MR) is 90.6 cm³/mol. The summed E-state index contributed by atoms with van der Waals surface area (Å²) in [6.07, 6.45) is 2.95. The monoisotopic (exact) mass is 328 g/mol. The molecule has 0 aliphatic rings. The quantitative estimate of drug-likeness (QED) is 0.668. The molecule has 0 radical (unpaired) electrons. The molecule has 24 heavy (non-hydrogen) atoms. The van der Waals surface area contributed by atoms with Crippen LogP contribution in [-0.2, 0) is 4.79 Å². The van der Waals surface area contributed by atoms with Crippen LogP contribution in [0.25, 0.3) is 6.08 Å². The van der Waals surface area contributed by atoms with Gasteiger partial charge in [-0.25, -0.2) is 0 Å². The largest absolute Gasteiger partial charge is 0.496 e. The van der Waals surface area contributed by atoms with Crippen molar-refractivity contribution in [3.05, 3.63) is 58.6 Å². The highest BCUT2D eigenvalue weighted by atomic mass is 16.5. The lowest BCUT2D eigenvalue weighted by Crippen LogP contribution is -2.40. The summed E-state index contributed by atoms with van der Waals surface area (Å²) in [6.45, 7) is 5.39. The van der Waals surface area contributed by atoms with Gasteiger partial charge in [-0.1, -0.05) is 11.6 Å². The molecule has 1 aromatic heterocycles. The number of hydrazine groups is 1. The third kappa shape index (κ3) is 4.25. The van der Waals surface area contributed by atoms with Gasteiger partial charge in [-0.05, 0) is 45.0 Å². The summed E-state index contributed by atoms with van der Waals surface area (Å²) in [7, 11) is 1.57. The van der Waals surface area contributed by atoms with Gasteiger partial charge < -0.3 is 9.15 Å². The van der Waals surface area contributed by atoms with Gasteiger partial charge in [0, 0.05) is 11.6 Å². The number of rotatable bonds is 4. The lowest BCUT2D eigenvalue weighted by molar-refractivity contribution is -0.117. The molecule has 126 valence electrons. The number of aryl methyl sites for hydroxylation is 3. The fraction of sp³-hybridized carbons (Fsp3) is 0.222. The summed E-state index contributed by atoms with van der Waals surface area (Å²) >= 11 is 0. The molecule has 0 saturated carbocycles. The number of hydrogen-bond donors (Lipinski definition) is 2. The van der Waals surface area contributed by atoms with E-state index in [-0.39, 0.29) is 0 Å². The maximum atomic E-state index is 12.0. The van der Waals surface area contributed by atoms with Crippen LogP contribution in [0.1, 0.15) is 33.0 Å². The second-order valence-electron chi connectivity index (χ2n) is 5.35. The first-order valence-corrected chi connectivity index (χ1v) is 7.40. The number of carbonyl (C=O) groups is 2. The smallest absolute Gasteiger partial charge is 0.273 e. The first-order valence-electron chi connectivity index (χ1n) is 7.40. The zero-order valence-corrected chi connectivity index (χ0v) is 14.1. The van der Waals surface area contributed by atoms with Gasteiger partial charge in [0.1, 0.15) is 17.3 Å². The number of benzene rings is 1. The fourth-order valence-corrected chi connectivity index (χ4v) is 2.23. The van der Waals surface area contributed by atoms with E-state index in [1.165, 1.54) is 6.08 Å². The number of amides is 2. The summed E-state index contributed by atoms with van der Waals surface area (Å²) in [4.78, 5) is 23.8. The van der Waals surface area contributed by atoms with Crippen molar-refractivity contribution in [1.82, 2.24) is 10.9 Å². The molecule has 2 rings (SSSR count). The van der Waals surface area contributed by atoms with Crippen molar-refractivity contribution in [3.63, 3.8) is 0 Å². The molecule has 6 heteroatoms. The molecule has 0 unspecified atom stereocenters. The number of ether oxygens (including phenoxy) is 1. The maximum Gasteiger partial charge on any atom is 0.273 e. The highest BCUT2D eigenvalue weighted by molar-refractivity contribution is 5.98. The average molecular weight is 328 g/mol. The standard InChI is InChI=1S/C18H20N2O4/c1-11-5-7-16(23-4)14(9-11)6-8-17(21)19-20-18(22)15-10-12(2)24-13(15)3/h5-10H,1-4H3,(H,19,21)(H,20,22)/b8-6+. The van der Waals surface area contributed by atoms with Crippen molar-refractivity contribution in [2.45, 2.75) is 20.8 Å². The van der Waals surface area contributed by atoms with Gasteiger partial charge in [-0.15, -0.1) is 0 Å². The fourth-order valence-electron chi connectivity index (χ4n) is 2.23. The Balaban J connectivity index is 1.97. The molecule has 0 aliphatic heterocycles. The van der Waals surface area contributed by atoms with Crippen LogP contribution in [0, 0.1) is 20.8 Å². The van der Waals surface area contributed by atoms with Crippen LogP contribution < -0.4 is 15.6 Å². The minimum atomic E-state index is -0.454. The van der Waals surface area contributed by atoms with E-state index >= 15 is 0 Å². The third-order valence-electron chi connectivity index (χ3n) is 3.38. The number of hydrogen-bond acceptors (Lipinski definition) is 4. The number of methoxy groups -OCH3 is 1. The van der Waals surface area contributed by atoms with Gasteiger partial charge in [0.2, 0.25) is 0 Å². The first kappa shape index (κ1) is 17.3. The number of furan rings is 1. The van der Waals surface area contributed by atoms with E-state index in [4.69, 9.17) is 9.15 Å². The van der Waals surface area contributed by atoms with Crippen molar-refractivity contribution in [3.8, 4) is 5.75 Å². The normalized spacial score (nSPS) is 10.7. The lowest BCUT2D eigenvalue weighted by atomic mass is 10.1. The second-order valence-corrected chi connectivity index (χ2v) is 5.35. The van der Waals surface area contributed by atoms with Gasteiger partial charge in [-0.3, -0.25) is 20.4 Å². The zero-order valence-electron chi connectivity index (χ0n) is 14.1. The third-order valence-corrected chi connectivity index (χ3v) is 3.38. The summed E-state index contributed by atoms with van der Waals surface area (Å²) in [5, 5.41) is 0. The maximum absolute atomic E-state index is 12.0. The molecule has 0 aliphatic carbocycles.